The number of nitrogens with zero attached hydrogens (tertiary/aromatic N) is 3. The third kappa shape index (κ3) is 8.28. The molecule has 380 valence electrons. The van der Waals surface area contributed by atoms with Gasteiger partial charge in [-0.15, -0.1) is 0 Å². The second-order valence-electron chi connectivity index (χ2n) is 19.3. The Hall–Kier alpha value is -7.09. The molecule has 0 aliphatic carbocycles. The first-order chi connectivity index (χ1) is 36.0. The van der Waals surface area contributed by atoms with Crippen molar-refractivity contribution in [1.29, 1.82) is 0 Å². The molecule has 17 heteroatoms. The number of hydrogen-bond acceptors (Lipinski definition) is 13. The van der Waals surface area contributed by atoms with Gasteiger partial charge in [-0.05, 0) is 112 Å². The fourth-order valence-corrected chi connectivity index (χ4v) is 13.0. The van der Waals surface area contributed by atoms with Gasteiger partial charge < -0.3 is 43.9 Å². The molecule has 6 aliphatic heterocycles. The van der Waals surface area contributed by atoms with Gasteiger partial charge in [0.1, 0.15) is 73.5 Å². The molecule has 0 aromatic heterocycles. The van der Waals surface area contributed by atoms with Crippen molar-refractivity contribution in [3.63, 3.8) is 0 Å². The van der Waals surface area contributed by atoms with Gasteiger partial charge >= 0.3 is 17.9 Å². The monoisotopic (exact) mass is 1110 g/mol. The van der Waals surface area contributed by atoms with E-state index in [9.17, 15) is 29.1 Å². The Balaban J connectivity index is 0.903. The standard InChI is InChI=1S/C57H53IN4O12/c1-2-26-72-54(67)45-48-55(68)74-49(34-13-7-4-8-14-34)47(33-11-5-3-6-12-33)62(48)50(57(45)41-31-37(58)20-23-42(41)59-56(57)69)35-18-21-38(22-19-35)71-28-29-73-53(66)40-32-44-51(64)60-24-10-17-43(60)52(65)61(44)46(40)36-15-9-16-39(30-36)70-27-25-63/h2-9,11-16,18-23,30-31,40,43-50,63H,1,10,17,24-29,32H2,(H,59,69)/t40-,43+,44-,45+,46-,47+,48+,49-,50-,57+/m1/s1. The Morgan fingerprint density at radius 1 is 0.743 bits per heavy atom. The van der Waals surface area contributed by atoms with Gasteiger partial charge in [0.05, 0.1) is 30.7 Å². The zero-order valence-electron chi connectivity index (χ0n) is 40.1. The number of morpholine rings is 1. The maximum absolute atomic E-state index is 15.2. The summed E-state index contributed by atoms with van der Waals surface area (Å²) in [4.78, 5) is 92.2. The molecule has 11 rings (SSSR count). The fraction of sp³-hybridized carbons (Fsp3) is 0.333. The van der Waals surface area contributed by atoms with Crippen molar-refractivity contribution in [1.82, 2.24) is 14.7 Å². The van der Waals surface area contributed by atoms with Gasteiger partial charge in [0, 0.05) is 15.8 Å². The van der Waals surface area contributed by atoms with Crippen LogP contribution >= 0.6 is 22.6 Å². The van der Waals surface area contributed by atoms with Crippen LogP contribution in [0.5, 0.6) is 11.5 Å². The molecule has 0 saturated carbocycles. The number of amides is 3. The smallest absolute Gasteiger partial charge is 0.325 e. The topological polar surface area (TPSA) is 191 Å². The first-order valence-corrected chi connectivity index (χ1v) is 26.0. The molecule has 5 saturated heterocycles. The molecular formula is C57H53IN4O12. The van der Waals surface area contributed by atoms with Crippen molar-refractivity contribution in [3.8, 4) is 11.5 Å². The quantitative estimate of drug-likeness (QED) is 0.0378. The Morgan fingerprint density at radius 2 is 1.47 bits per heavy atom. The Bertz CT molecular complexity index is 3010. The molecule has 74 heavy (non-hydrogen) atoms. The number of anilines is 1. The molecule has 2 N–H and O–H groups in total. The summed E-state index contributed by atoms with van der Waals surface area (Å²) in [5, 5.41) is 12.5. The van der Waals surface area contributed by atoms with Crippen LogP contribution in [0.15, 0.2) is 140 Å². The van der Waals surface area contributed by atoms with Crippen LogP contribution in [0.1, 0.15) is 71.3 Å². The third-order valence-corrected chi connectivity index (χ3v) is 16.0. The van der Waals surface area contributed by atoms with Gasteiger partial charge in [0.25, 0.3) is 0 Å². The fourth-order valence-electron chi connectivity index (χ4n) is 12.5. The number of carbonyl (C=O) groups excluding carboxylic acids is 6. The lowest BCUT2D eigenvalue weighted by Crippen LogP contribution is -2.60. The lowest BCUT2D eigenvalue weighted by Gasteiger charge is -2.46. The third-order valence-electron chi connectivity index (χ3n) is 15.4. The zero-order valence-corrected chi connectivity index (χ0v) is 42.3. The van der Waals surface area contributed by atoms with Crippen LogP contribution in [0.4, 0.5) is 5.69 Å². The van der Waals surface area contributed by atoms with Crippen LogP contribution in [0.2, 0.25) is 0 Å². The highest BCUT2D eigenvalue weighted by molar-refractivity contribution is 14.1. The van der Waals surface area contributed by atoms with Gasteiger partial charge in [-0.2, -0.15) is 0 Å². The van der Waals surface area contributed by atoms with E-state index in [0.29, 0.717) is 46.8 Å². The van der Waals surface area contributed by atoms with E-state index in [-0.39, 0.29) is 51.3 Å². The number of nitrogens with one attached hydrogen (secondary N) is 1. The molecule has 5 aromatic rings. The number of fused-ring (bicyclic) bond motifs is 5. The number of aliphatic hydroxyl groups is 1. The predicted molar refractivity (Wildman–Crippen MR) is 275 cm³/mol. The summed E-state index contributed by atoms with van der Waals surface area (Å²) in [5.41, 5.74) is 2.10. The van der Waals surface area contributed by atoms with Crippen LogP contribution in [0.25, 0.3) is 0 Å². The van der Waals surface area contributed by atoms with Crippen molar-refractivity contribution in [2.75, 3.05) is 44.9 Å². The van der Waals surface area contributed by atoms with Crippen LogP contribution < -0.4 is 14.8 Å². The molecule has 0 radical (unpaired) electrons. The van der Waals surface area contributed by atoms with Crippen molar-refractivity contribution in [2.24, 2.45) is 11.8 Å². The number of carbonyl (C=O) groups is 6. The van der Waals surface area contributed by atoms with E-state index in [1.165, 1.54) is 6.08 Å². The van der Waals surface area contributed by atoms with Gasteiger partial charge in [-0.3, -0.25) is 33.7 Å². The first-order valence-electron chi connectivity index (χ1n) is 24.9. The largest absolute Gasteiger partial charge is 0.491 e. The summed E-state index contributed by atoms with van der Waals surface area (Å²) >= 11 is 2.18. The summed E-state index contributed by atoms with van der Waals surface area (Å²) in [5.74, 6) is -4.21. The number of esters is 3. The molecule has 3 amide bonds. The van der Waals surface area contributed by atoms with E-state index in [2.05, 4.69) is 34.5 Å². The summed E-state index contributed by atoms with van der Waals surface area (Å²) in [6.45, 7) is 3.74. The molecule has 1 spiro atoms. The minimum Gasteiger partial charge on any atom is -0.491 e. The van der Waals surface area contributed by atoms with E-state index in [0.717, 1.165) is 21.1 Å². The normalized spacial score (nSPS) is 27.7. The lowest BCUT2D eigenvalue weighted by atomic mass is 9.65. The minimum absolute atomic E-state index is 0.0541. The molecule has 5 aromatic carbocycles. The molecule has 16 nitrogen and oxygen atoms in total. The van der Waals surface area contributed by atoms with Crippen LogP contribution in [-0.2, 0) is 48.4 Å². The number of benzene rings is 5. The number of hydrogen-bond donors (Lipinski definition) is 2. The summed E-state index contributed by atoms with van der Waals surface area (Å²) in [6.07, 6.45) is 1.97. The lowest BCUT2D eigenvalue weighted by molar-refractivity contribution is -0.180. The van der Waals surface area contributed by atoms with Crippen molar-refractivity contribution in [3.05, 3.63) is 171 Å². The minimum atomic E-state index is -1.71. The van der Waals surface area contributed by atoms with E-state index >= 15 is 4.79 Å². The second-order valence-corrected chi connectivity index (χ2v) is 20.5. The predicted octanol–water partition coefficient (Wildman–Crippen LogP) is 6.55. The Labute approximate surface area is 440 Å². The highest BCUT2D eigenvalue weighted by Gasteiger charge is 2.74. The second kappa shape index (κ2) is 20.3. The number of ether oxygens (including phenoxy) is 5. The molecule has 6 aliphatic rings. The Kier molecular flexibility index (Phi) is 13.5. The molecule has 10 atom stereocenters. The maximum atomic E-state index is 15.2. The van der Waals surface area contributed by atoms with Gasteiger partial charge in [0.2, 0.25) is 17.7 Å². The summed E-state index contributed by atoms with van der Waals surface area (Å²) < 4.78 is 30.9. The van der Waals surface area contributed by atoms with Crippen LogP contribution in [-0.4, -0.2) is 113 Å². The number of aliphatic hydroxyl groups excluding tert-OH is 1. The van der Waals surface area contributed by atoms with E-state index in [1.54, 1.807) is 52.3 Å². The Morgan fingerprint density at radius 3 is 2.22 bits per heavy atom. The number of rotatable bonds is 15. The average molecular weight is 1110 g/mol. The van der Waals surface area contributed by atoms with Crippen molar-refractivity contribution in [2.45, 2.75) is 67.0 Å². The molecule has 6 heterocycles. The van der Waals surface area contributed by atoms with E-state index < -0.39 is 83.4 Å². The average Bonchev–Trinajstić information content (AvgIpc) is 4.23. The summed E-state index contributed by atoms with van der Waals surface area (Å²) in [7, 11) is 0. The molecule has 0 unspecified atom stereocenters. The van der Waals surface area contributed by atoms with Gasteiger partial charge in [-0.25, -0.2) is 0 Å². The molecular weight excluding hydrogens is 1060 g/mol. The zero-order chi connectivity index (χ0) is 51.3. The SMILES string of the molecule is C=CCOC(=O)[C@@H]1[C@H]2C(=O)O[C@H](c3ccccc3)[C@H](c3ccccc3)N2[C@H](c2ccc(OCCOC(=O)[C@@H]3C[C@@H]4C(=O)N5CCC[C@H]5C(=O)N4[C@@H]3c3cccc(OCCO)c3)cc2)[C@@]12C(=O)Nc1ccc(I)cc12. The molecule has 5 fully saturated rings. The van der Waals surface area contributed by atoms with Crippen molar-refractivity contribution >= 4 is 63.9 Å². The summed E-state index contributed by atoms with van der Waals surface area (Å²) in [6, 6.07) is 33.6. The van der Waals surface area contributed by atoms with Gasteiger partial charge in [-0.1, -0.05) is 97.6 Å². The molecule has 0 bridgehead atoms. The van der Waals surface area contributed by atoms with E-state index in [4.69, 9.17) is 23.7 Å². The van der Waals surface area contributed by atoms with Crippen LogP contribution in [0, 0.1) is 15.4 Å². The highest BCUT2D eigenvalue weighted by atomic mass is 127. The highest BCUT2D eigenvalue weighted by Crippen LogP contribution is 2.65. The number of piperazine rings is 1. The first kappa shape index (κ1) is 49.1. The van der Waals surface area contributed by atoms with E-state index in [1.807, 2.05) is 89.8 Å². The maximum Gasteiger partial charge on any atom is 0.325 e. The van der Waals surface area contributed by atoms with Gasteiger partial charge in [0.15, 0.2) is 0 Å². The number of cyclic esters (lactones) is 1. The number of halogens is 1. The van der Waals surface area contributed by atoms with Crippen LogP contribution in [0.3, 0.4) is 0 Å². The van der Waals surface area contributed by atoms with Crippen molar-refractivity contribution < 1.29 is 57.6 Å².